The highest BCUT2D eigenvalue weighted by Gasteiger charge is 2.07. The Bertz CT molecular complexity index is 869. The van der Waals surface area contributed by atoms with E-state index in [0.29, 0.717) is 23.2 Å². The molecular formula is C19H20N4O4S. The predicted molar refractivity (Wildman–Crippen MR) is 112 cm³/mol. The molecule has 0 unspecified atom stereocenters. The van der Waals surface area contributed by atoms with Gasteiger partial charge in [0.15, 0.2) is 16.6 Å². The minimum atomic E-state index is -0.439. The second-order valence-electron chi connectivity index (χ2n) is 5.49. The van der Waals surface area contributed by atoms with Gasteiger partial charge in [0.1, 0.15) is 6.61 Å². The number of ether oxygens (including phenoxy) is 2. The molecule has 8 nitrogen and oxygen atoms in total. The third kappa shape index (κ3) is 6.36. The maximum Gasteiger partial charge on any atom is 0.269 e. The second-order valence-corrected chi connectivity index (χ2v) is 5.90. The molecular weight excluding hydrogens is 380 g/mol. The lowest BCUT2D eigenvalue weighted by molar-refractivity contribution is -0.384. The number of non-ortho nitro benzene ring substituents is 1. The summed E-state index contributed by atoms with van der Waals surface area (Å²) in [5, 5.41) is 18.0. The summed E-state index contributed by atoms with van der Waals surface area (Å²) in [7, 11) is 1.54. The monoisotopic (exact) mass is 400 g/mol. The van der Waals surface area contributed by atoms with Gasteiger partial charge >= 0.3 is 0 Å². The standard InChI is InChI=1S/C19H20N4O4S/c1-3-10-20-19(28)22-21-12-15-6-9-17(18(11-15)26-2)27-13-14-4-7-16(8-5-14)23(24)25/h3-9,11-12H,1,10,13H2,2H3,(H2,20,22,28)/b21-12-. The van der Waals surface area contributed by atoms with E-state index in [1.807, 2.05) is 6.07 Å². The van der Waals surface area contributed by atoms with E-state index in [0.717, 1.165) is 11.1 Å². The molecule has 0 aliphatic carbocycles. The van der Waals surface area contributed by atoms with E-state index in [-0.39, 0.29) is 12.3 Å². The van der Waals surface area contributed by atoms with Crippen molar-refractivity contribution in [3.63, 3.8) is 0 Å². The molecule has 28 heavy (non-hydrogen) atoms. The van der Waals surface area contributed by atoms with Crippen LogP contribution in [0.5, 0.6) is 11.5 Å². The lowest BCUT2D eigenvalue weighted by Crippen LogP contribution is -2.31. The highest BCUT2D eigenvalue weighted by molar-refractivity contribution is 7.80. The van der Waals surface area contributed by atoms with E-state index in [1.165, 1.54) is 12.1 Å². The summed E-state index contributed by atoms with van der Waals surface area (Å²) >= 11 is 5.04. The van der Waals surface area contributed by atoms with Crippen molar-refractivity contribution in [1.29, 1.82) is 0 Å². The molecule has 0 fully saturated rings. The molecule has 0 spiro atoms. The molecule has 0 aliphatic rings. The van der Waals surface area contributed by atoms with Gasteiger partial charge in [-0.15, -0.1) is 6.58 Å². The molecule has 0 bridgehead atoms. The van der Waals surface area contributed by atoms with Crippen molar-refractivity contribution < 1.29 is 14.4 Å². The van der Waals surface area contributed by atoms with Crippen LogP contribution in [-0.2, 0) is 6.61 Å². The van der Waals surface area contributed by atoms with Crippen LogP contribution in [0, 0.1) is 10.1 Å². The van der Waals surface area contributed by atoms with Crippen molar-refractivity contribution in [2.24, 2.45) is 5.10 Å². The molecule has 2 N–H and O–H groups in total. The van der Waals surface area contributed by atoms with Crippen LogP contribution in [0.1, 0.15) is 11.1 Å². The average molecular weight is 400 g/mol. The Labute approximate surface area is 168 Å². The highest BCUT2D eigenvalue weighted by atomic mass is 32.1. The molecule has 2 aromatic rings. The molecule has 0 atom stereocenters. The van der Waals surface area contributed by atoms with E-state index in [4.69, 9.17) is 21.7 Å². The first-order valence-corrected chi connectivity index (χ1v) is 8.66. The molecule has 0 aromatic heterocycles. The van der Waals surface area contributed by atoms with Gasteiger partial charge < -0.3 is 14.8 Å². The van der Waals surface area contributed by atoms with Gasteiger partial charge in [0.25, 0.3) is 5.69 Å². The van der Waals surface area contributed by atoms with Gasteiger partial charge in [0.2, 0.25) is 0 Å². The van der Waals surface area contributed by atoms with Crippen molar-refractivity contribution in [3.05, 3.63) is 76.4 Å². The highest BCUT2D eigenvalue weighted by Crippen LogP contribution is 2.28. The summed E-state index contributed by atoms with van der Waals surface area (Å²) in [5.74, 6) is 1.09. The maximum absolute atomic E-state index is 10.7. The van der Waals surface area contributed by atoms with E-state index >= 15 is 0 Å². The van der Waals surface area contributed by atoms with E-state index in [9.17, 15) is 10.1 Å². The fraction of sp³-hybridized carbons (Fsp3) is 0.158. The van der Waals surface area contributed by atoms with Crippen LogP contribution >= 0.6 is 12.2 Å². The molecule has 9 heteroatoms. The fourth-order valence-electron chi connectivity index (χ4n) is 2.13. The van der Waals surface area contributed by atoms with Crippen LogP contribution in [0.25, 0.3) is 0 Å². The zero-order chi connectivity index (χ0) is 20.4. The third-order valence-electron chi connectivity index (χ3n) is 3.52. The van der Waals surface area contributed by atoms with Crippen LogP contribution in [0.4, 0.5) is 5.69 Å². The van der Waals surface area contributed by atoms with Crippen molar-refractivity contribution in [2.75, 3.05) is 13.7 Å². The molecule has 146 valence electrons. The predicted octanol–water partition coefficient (Wildman–Crippen LogP) is 3.17. The Morgan fingerprint density at radius 2 is 2.04 bits per heavy atom. The summed E-state index contributed by atoms with van der Waals surface area (Å²) < 4.78 is 11.1. The number of nitro groups is 1. The van der Waals surface area contributed by atoms with Gasteiger partial charge in [-0.2, -0.15) is 5.10 Å². The van der Waals surface area contributed by atoms with Gasteiger partial charge in [-0.1, -0.05) is 6.08 Å². The summed E-state index contributed by atoms with van der Waals surface area (Å²) in [6.45, 7) is 4.40. The van der Waals surface area contributed by atoms with Crippen molar-refractivity contribution >= 4 is 29.2 Å². The Morgan fingerprint density at radius 3 is 2.68 bits per heavy atom. The topological polar surface area (TPSA) is 98.0 Å². The summed E-state index contributed by atoms with van der Waals surface area (Å²) in [6.07, 6.45) is 3.29. The van der Waals surface area contributed by atoms with Crippen molar-refractivity contribution in [3.8, 4) is 11.5 Å². The summed E-state index contributed by atoms with van der Waals surface area (Å²) in [6, 6.07) is 11.5. The lowest BCUT2D eigenvalue weighted by atomic mass is 10.2. The quantitative estimate of drug-likeness (QED) is 0.219. The van der Waals surface area contributed by atoms with Crippen LogP contribution in [-0.4, -0.2) is 29.9 Å². The number of nitrogens with one attached hydrogen (secondary N) is 2. The van der Waals surface area contributed by atoms with Gasteiger partial charge in [-0.3, -0.25) is 15.5 Å². The van der Waals surface area contributed by atoms with E-state index in [1.54, 1.807) is 43.7 Å². The molecule has 2 aromatic carbocycles. The number of nitro benzene ring substituents is 1. The lowest BCUT2D eigenvalue weighted by Gasteiger charge is -2.11. The first-order valence-electron chi connectivity index (χ1n) is 8.25. The largest absolute Gasteiger partial charge is 0.493 e. The summed E-state index contributed by atoms with van der Waals surface area (Å²) in [5.41, 5.74) is 4.34. The zero-order valence-electron chi connectivity index (χ0n) is 15.3. The number of thiocarbonyl (C=S) groups is 1. The Hall–Kier alpha value is -3.46. The maximum atomic E-state index is 10.7. The second kappa shape index (κ2) is 10.6. The first kappa shape index (κ1) is 20.8. The number of hydrogen-bond acceptors (Lipinski definition) is 6. The number of hydrogen-bond donors (Lipinski definition) is 2. The van der Waals surface area contributed by atoms with Crippen LogP contribution < -0.4 is 20.2 Å². The van der Waals surface area contributed by atoms with E-state index < -0.39 is 4.92 Å². The minimum absolute atomic E-state index is 0.0396. The number of nitrogens with zero attached hydrogens (tertiary/aromatic N) is 2. The Balaban J connectivity index is 1.97. The van der Waals surface area contributed by atoms with Gasteiger partial charge in [-0.25, -0.2) is 0 Å². The smallest absolute Gasteiger partial charge is 0.269 e. The Kier molecular flexibility index (Phi) is 7.92. The van der Waals surface area contributed by atoms with Crippen LogP contribution in [0.2, 0.25) is 0 Å². The number of hydrazone groups is 1. The van der Waals surface area contributed by atoms with Gasteiger partial charge in [-0.05, 0) is 53.7 Å². The summed E-state index contributed by atoms with van der Waals surface area (Å²) in [4.78, 5) is 10.3. The third-order valence-corrected chi connectivity index (χ3v) is 3.75. The molecule has 0 amide bonds. The molecule has 0 saturated heterocycles. The number of methoxy groups -OCH3 is 1. The fourth-order valence-corrected chi connectivity index (χ4v) is 2.26. The van der Waals surface area contributed by atoms with Crippen LogP contribution in [0.3, 0.4) is 0 Å². The van der Waals surface area contributed by atoms with Crippen molar-refractivity contribution in [1.82, 2.24) is 10.7 Å². The van der Waals surface area contributed by atoms with Gasteiger partial charge in [0, 0.05) is 18.7 Å². The first-order chi connectivity index (χ1) is 13.5. The Morgan fingerprint density at radius 1 is 1.29 bits per heavy atom. The van der Waals surface area contributed by atoms with E-state index in [2.05, 4.69) is 22.4 Å². The van der Waals surface area contributed by atoms with Crippen molar-refractivity contribution in [2.45, 2.75) is 6.61 Å². The molecule has 0 heterocycles. The normalized spacial score (nSPS) is 10.3. The van der Waals surface area contributed by atoms with Crippen LogP contribution in [0.15, 0.2) is 60.2 Å². The van der Waals surface area contributed by atoms with Gasteiger partial charge in [0.05, 0.1) is 18.2 Å². The average Bonchev–Trinajstić information content (AvgIpc) is 2.71. The number of benzene rings is 2. The minimum Gasteiger partial charge on any atom is -0.493 e. The SMILES string of the molecule is C=CCNC(=S)N/N=C\c1ccc(OCc2ccc([N+](=O)[O-])cc2)c(OC)c1. The molecule has 2 rings (SSSR count). The zero-order valence-corrected chi connectivity index (χ0v) is 16.1. The molecule has 0 aliphatic heterocycles. The number of rotatable bonds is 9. The molecule has 0 radical (unpaired) electrons. The molecule has 0 saturated carbocycles.